The Morgan fingerprint density at radius 3 is 1.78 bits per heavy atom. The SMILES string of the molecule is CCO.N.O=C(O)CS. The van der Waals surface area contributed by atoms with E-state index in [1.165, 1.54) is 0 Å². The maximum atomic E-state index is 9.29. The molecule has 9 heavy (non-hydrogen) atoms. The highest BCUT2D eigenvalue weighted by Gasteiger charge is 1.81. The molecule has 0 aliphatic heterocycles. The first-order chi connectivity index (χ1) is 3.68. The summed E-state index contributed by atoms with van der Waals surface area (Å²) in [6.07, 6.45) is 0. The number of aliphatic hydroxyl groups excluding tert-OH is 1. The minimum atomic E-state index is -0.881. The molecule has 0 unspecified atom stereocenters. The Balaban J connectivity index is -0.0000000800. The van der Waals surface area contributed by atoms with E-state index in [2.05, 4.69) is 12.6 Å². The number of carboxylic acid groups (broad SMARTS) is 1. The molecule has 0 amide bonds. The van der Waals surface area contributed by atoms with Gasteiger partial charge >= 0.3 is 5.97 Å². The average Bonchev–Trinajstić information content (AvgIpc) is 1.69. The van der Waals surface area contributed by atoms with Crippen LogP contribution in [0.15, 0.2) is 0 Å². The van der Waals surface area contributed by atoms with Crippen LogP contribution in [0.3, 0.4) is 0 Å². The summed E-state index contributed by atoms with van der Waals surface area (Å²) in [6, 6.07) is 0. The molecule has 0 bridgehead atoms. The third kappa shape index (κ3) is 84.2. The fourth-order valence-electron chi connectivity index (χ4n) is 0. The Morgan fingerprint density at radius 1 is 1.67 bits per heavy atom. The Bertz CT molecular complexity index is 59.8. The average molecular weight is 155 g/mol. The number of carbonyl (C=O) groups is 1. The lowest BCUT2D eigenvalue weighted by atomic mass is 10.8. The number of aliphatic carboxylic acids is 1. The van der Waals surface area contributed by atoms with Crippen molar-refractivity contribution in [2.24, 2.45) is 0 Å². The van der Waals surface area contributed by atoms with Gasteiger partial charge in [-0.25, -0.2) is 0 Å². The van der Waals surface area contributed by atoms with E-state index in [0.717, 1.165) is 0 Å². The Hall–Kier alpha value is -0.260. The predicted octanol–water partition coefficient (Wildman–Crippen LogP) is 0.161. The number of thiol groups is 1. The fourth-order valence-corrected chi connectivity index (χ4v) is 0. The quantitative estimate of drug-likeness (QED) is 0.406. The van der Waals surface area contributed by atoms with Crippen LogP contribution in [0.1, 0.15) is 6.92 Å². The summed E-state index contributed by atoms with van der Waals surface area (Å²) >= 11 is 3.42. The van der Waals surface area contributed by atoms with E-state index in [-0.39, 0.29) is 18.5 Å². The number of rotatable bonds is 1. The molecule has 4 nitrogen and oxygen atoms in total. The molecule has 0 aromatic rings. The highest BCUT2D eigenvalue weighted by Crippen LogP contribution is 1.66. The first-order valence-corrected chi connectivity index (χ1v) is 2.75. The maximum Gasteiger partial charge on any atom is 0.313 e. The smallest absolute Gasteiger partial charge is 0.313 e. The minimum Gasteiger partial charge on any atom is -0.481 e. The van der Waals surface area contributed by atoms with Crippen molar-refractivity contribution in [3.63, 3.8) is 0 Å². The molecule has 0 aromatic carbocycles. The molecule has 0 fully saturated rings. The highest BCUT2D eigenvalue weighted by molar-refractivity contribution is 7.81. The molecule has 0 spiro atoms. The van der Waals surface area contributed by atoms with Crippen LogP contribution in [0, 0.1) is 0 Å². The largest absolute Gasteiger partial charge is 0.481 e. The predicted molar refractivity (Wildman–Crippen MR) is 39.3 cm³/mol. The molecule has 0 heterocycles. The monoisotopic (exact) mass is 155 g/mol. The lowest BCUT2D eigenvalue weighted by Gasteiger charge is -1.71. The Labute approximate surface area is 59.9 Å². The van der Waals surface area contributed by atoms with Crippen molar-refractivity contribution < 1.29 is 15.0 Å². The molecule has 0 aromatic heterocycles. The second-order valence-corrected chi connectivity index (χ2v) is 1.18. The van der Waals surface area contributed by atoms with E-state index in [1.807, 2.05) is 0 Å². The van der Waals surface area contributed by atoms with Crippen molar-refractivity contribution in [3.8, 4) is 0 Å². The van der Waals surface area contributed by atoms with Crippen molar-refractivity contribution >= 4 is 18.6 Å². The van der Waals surface area contributed by atoms with Crippen LogP contribution in [0.5, 0.6) is 0 Å². The molecule has 0 radical (unpaired) electrons. The number of hydrogen-bond donors (Lipinski definition) is 4. The standard InChI is InChI=1S/C2H4O2S.C2H6O.H3N/c3-2(4)1-5;1-2-3;/h5H,1H2,(H,3,4);3H,2H2,1H3;1H3. The summed E-state index contributed by atoms with van der Waals surface area (Å²) in [5.74, 6) is -0.965. The third-order valence-electron chi connectivity index (χ3n) is 0.135. The zero-order valence-corrected chi connectivity index (χ0v) is 6.27. The van der Waals surface area contributed by atoms with Crippen LogP contribution >= 0.6 is 12.6 Å². The van der Waals surface area contributed by atoms with Crippen LogP contribution in [0.25, 0.3) is 0 Å². The normalized spacial score (nSPS) is 6.11. The van der Waals surface area contributed by atoms with E-state index < -0.39 is 5.97 Å². The van der Waals surface area contributed by atoms with Crippen molar-refractivity contribution in [2.75, 3.05) is 12.4 Å². The number of carboxylic acids is 1. The molecule has 5 N–H and O–H groups in total. The van der Waals surface area contributed by atoms with Crippen LogP contribution < -0.4 is 6.15 Å². The van der Waals surface area contributed by atoms with Crippen molar-refractivity contribution in [2.45, 2.75) is 6.92 Å². The summed E-state index contributed by atoms with van der Waals surface area (Å²) in [5, 5.41) is 15.2. The van der Waals surface area contributed by atoms with Crippen molar-refractivity contribution in [1.82, 2.24) is 6.15 Å². The van der Waals surface area contributed by atoms with E-state index in [1.54, 1.807) is 6.92 Å². The van der Waals surface area contributed by atoms with Crippen molar-refractivity contribution in [1.29, 1.82) is 0 Å². The molecular formula is C4H13NO3S. The van der Waals surface area contributed by atoms with Crippen molar-refractivity contribution in [3.05, 3.63) is 0 Å². The third-order valence-corrected chi connectivity index (χ3v) is 0.406. The summed E-state index contributed by atoms with van der Waals surface area (Å²) in [4.78, 5) is 9.29. The molecule has 0 aliphatic rings. The van der Waals surface area contributed by atoms with Gasteiger partial charge in [0, 0.05) is 6.61 Å². The first-order valence-electron chi connectivity index (χ1n) is 2.12. The minimum absolute atomic E-state index is 0. The van der Waals surface area contributed by atoms with Gasteiger partial charge in [-0.15, -0.1) is 0 Å². The van der Waals surface area contributed by atoms with Gasteiger partial charge in [-0.2, -0.15) is 12.6 Å². The van der Waals surface area contributed by atoms with Crippen LogP contribution in [0.4, 0.5) is 0 Å². The maximum absolute atomic E-state index is 9.29. The molecule has 0 aliphatic carbocycles. The summed E-state index contributed by atoms with van der Waals surface area (Å²) in [6.45, 7) is 1.93. The highest BCUT2D eigenvalue weighted by atomic mass is 32.1. The fraction of sp³-hybridized carbons (Fsp3) is 0.750. The molecule has 0 saturated heterocycles. The number of aliphatic hydroxyl groups is 1. The van der Waals surface area contributed by atoms with E-state index in [9.17, 15) is 4.79 Å². The van der Waals surface area contributed by atoms with E-state index in [4.69, 9.17) is 10.2 Å². The van der Waals surface area contributed by atoms with Crippen LogP contribution in [-0.2, 0) is 4.79 Å². The summed E-state index contributed by atoms with van der Waals surface area (Å²) in [5.41, 5.74) is 0. The topological polar surface area (TPSA) is 92.5 Å². The van der Waals surface area contributed by atoms with E-state index >= 15 is 0 Å². The van der Waals surface area contributed by atoms with Crippen LogP contribution in [-0.4, -0.2) is 28.5 Å². The van der Waals surface area contributed by atoms with Gasteiger partial charge < -0.3 is 16.4 Å². The zero-order chi connectivity index (χ0) is 6.99. The van der Waals surface area contributed by atoms with Gasteiger partial charge in [0.15, 0.2) is 0 Å². The Morgan fingerprint density at radius 2 is 1.78 bits per heavy atom. The summed E-state index contributed by atoms with van der Waals surface area (Å²) < 4.78 is 0. The molecule has 0 saturated carbocycles. The van der Waals surface area contributed by atoms with Gasteiger partial charge in [-0.05, 0) is 6.92 Å². The van der Waals surface area contributed by atoms with Gasteiger partial charge in [0.2, 0.25) is 0 Å². The zero-order valence-electron chi connectivity index (χ0n) is 5.37. The first kappa shape index (κ1) is 15.9. The molecule has 5 heteroatoms. The molecule has 0 atom stereocenters. The van der Waals surface area contributed by atoms with Gasteiger partial charge in [0.05, 0.1) is 5.75 Å². The van der Waals surface area contributed by atoms with Gasteiger partial charge in [0.1, 0.15) is 0 Å². The van der Waals surface area contributed by atoms with E-state index in [0.29, 0.717) is 0 Å². The van der Waals surface area contributed by atoms with Gasteiger partial charge in [-0.3, -0.25) is 4.79 Å². The van der Waals surface area contributed by atoms with Crippen LogP contribution in [0.2, 0.25) is 0 Å². The Kier molecular flexibility index (Phi) is 27.6. The summed E-state index contributed by atoms with van der Waals surface area (Å²) in [7, 11) is 0. The number of hydrogen-bond acceptors (Lipinski definition) is 4. The lowest BCUT2D eigenvalue weighted by Crippen LogP contribution is -1.92. The van der Waals surface area contributed by atoms with Gasteiger partial charge in [-0.1, -0.05) is 0 Å². The molecule has 58 valence electrons. The second-order valence-electron chi connectivity index (χ2n) is 0.868. The van der Waals surface area contributed by atoms with Gasteiger partial charge in [0.25, 0.3) is 0 Å². The molecular weight excluding hydrogens is 142 g/mol. The molecule has 0 rings (SSSR count). The lowest BCUT2D eigenvalue weighted by molar-refractivity contribution is -0.133. The second kappa shape index (κ2) is 15.6.